The van der Waals surface area contributed by atoms with Gasteiger partial charge in [-0.3, -0.25) is 14.7 Å². The Kier molecular flexibility index (Phi) is 10.7. The zero-order chi connectivity index (χ0) is 21.2. The largest absolute Gasteiger partial charge is 0.356 e. The molecule has 0 unspecified atom stereocenters. The Balaban J connectivity index is 0.00000341. The number of carbonyl (C=O) groups excluding carboxylic acids is 1. The van der Waals surface area contributed by atoms with Gasteiger partial charge in [0.1, 0.15) is 5.82 Å². The van der Waals surface area contributed by atoms with Crippen LogP contribution < -0.4 is 16.0 Å². The lowest BCUT2D eigenvalue weighted by Crippen LogP contribution is -2.48. The number of hydrogen-bond acceptors (Lipinski definition) is 4. The fourth-order valence-electron chi connectivity index (χ4n) is 3.58. The van der Waals surface area contributed by atoms with E-state index in [1.54, 1.807) is 13.1 Å². The summed E-state index contributed by atoms with van der Waals surface area (Å²) in [5.74, 6) is 1.27. The first-order valence-corrected chi connectivity index (χ1v) is 10.6. The maximum atomic E-state index is 12.1. The van der Waals surface area contributed by atoms with Gasteiger partial charge in [-0.15, -0.1) is 24.0 Å². The second-order valence-corrected chi connectivity index (χ2v) is 7.64. The smallest absolute Gasteiger partial charge is 0.227 e. The summed E-state index contributed by atoms with van der Waals surface area (Å²) in [7, 11) is 1.76. The molecule has 0 radical (unpaired) electrons. The van der Waals surface area contributed by atoms with Crippen molar-refractivity contribution >= 4 is 41.7 Å². The molecular weight excluding hydrogens is 503 g/mol. The Bertz CT molecular complexity index is 837. The lowest BCUT2D eigenvalue weighted by atomic mass is 10.0. The van der Waals surface area contributed by atoms with Gasteiger partial charge < -0.3 is 16.0 Å². The van der Waals surface area contributed by atoms with Crippen LogP contribution in [0.15, 0.2) is 53.5 Å². The van der Waals surface area contributed by atoms with Crippen LogP contribution in [0.1, 0.15) is 30.5 Å². The van der Waals surface area contributed by atoms with Crippen molar-refractivity contribution in [2.75, 3.05) is 32.0 Å². The number of halogens is 1. The van der Waals surface area contributed by atoms with Crippen molar-refractivity contribution in [1.29, 1.82) is 0 Å². The summed E-state index contributed by atoms with van der Waals surface area (Å²) in [4.78, 5) is 23.2. The van der Waals surface area contributed by atoms with E-state index in [0.29, 0.717) is 24.8 Å². The van der Waals surface area contributed by atoms with E-state index >= 15 is 0 Å². The fourth-order valence-corrected chi connectivity index (χ4v) is 3.58. The molecule has 3 N–H and O–H groups in total. The van der Waals surface area contributed by atoms with E-state index in [9.17, 15) is 4.79 Å². The lowest BCUT2D eigenvalue weighted by molar-refractivity contribution is -0.116. The minimum Gasteiger partial charge on any atom is -0.356 e. The molecule has 0 spiro atoms. The minimum atomic E-state index is -0.0646. The van der Waals surface area contributed by atoms with Crippen LogP contribution in [-0.4, -0.2) is 54.5 Å². The van der Waals surface area contributed by atoms with Crippen LogP contribution >= 0.6 is 24.0 Å². The van der Waals surface area contributed by atoms with Crippen molar-refractivity contribution in [2.24, 2.45) is 4.99 Å². The Morgan fingerprint density at radius 3 is 2.55 bits per heavy atom. The first-order valence-electron chi connectivity index (χ1n) is 10.6. The molecule has 1 fully saturated rings. The van der Waals surface area contributed by atoms with Gasteiger partial charge in [-0.2, -0.15) is 0 Å². The maximum Gasteiger partial charge on any atom is 0.227 e. The molecule has 3 rings (SSSR count). The number of nitrogens with one attached hydrogen (secondary N) is 3. The third-order valence-corrected chi connectivity index (χ3v) is 5.20. The molecule has 1 aliphatic rings. The molecule has 2 aromatic rings. The summed E-state index contributed by atoms with van der Waals surface area (Å²) < 4.78 is 0. The average Bonchev–Trinajstić information content (AvgIpc) is 2.75. The Labute approximate surface area is 202 Å². The van der Waals surface area contributed by atoms with Crippen molar-refractivity contribution < 1.29 is 4.79 Å². The summed E-state index contributed by atoms with van der Waals surface area (Å²) in [6.45, 7) is 5.56. The molecule has 0 atom stereocenters. The first-order chi connectivity index (χ1) is 14.6. The molecule has 1 aliphatic heterocycles. The number of likely N-dealkylation sites (tertiary alicyclic amines) is 1. The normalized spacial score (nSPS) is 15.1. The molecule has 1 amide bonds. The van der Waals surface area contributed by atoms with E-state index in [0.717, 1.165) is 44.1 Å². The van der Waals surface area contributed by atoms with Crippen LogP contribution in [0.3, 0.4) is 0 Å². The van der Waals surface area contributed by atoms with E-state index in [4.69, 9.17) is 0 Å². The number of nitrogens with zero attached hydrogens (tertiary/aromatic N) is 3. The molecule has 1 saturated heterocycles. The Hall–Kier alpha value is -2.20. The van der Waals surface area contributed by atoms with Crippen LogP contribution in [0.2, 0.25) is 0 Å². The number of hydrogen-bond donors (Lipinski definition) is 3. The molecule has 1 aromatic heterocycles. The number of aryl methyl sites for hydroxylation is 1. The molecule has 0 bridgehead atoms. The van der Waals surface area contributed by atoms with E-state index < -0.39 is 0 Å². The van der Waals surface area contributed by atoms with E-state index in [-0.39, 0.29) is 29.9 Å². The minimum absolute atomic E-state index is 0. The molecule has 2 heterocycles. The molecule has 31 heavy (non-hydrogen) atoms. The highest BCUT2D eigenvalue weighted by Gasteiger charge is 2.20. The molecule has 1 aromatic carbocycles. The van der Waals surface area contributed by atoms with Crippen molar-refractivity contribution in [3.05, 3.63) is 59.8 Å². The van der Waals surface area contributed by atoms with Gasteiger partial charge in [-0.1, -0.05) is 36.4 Å². The molecule has 8 heteroatoms. The summed E-state index contributed by atoms with van der Waals surface area (Å²) in [6.07, 6.45) is 2.51. The second-order valence-electron chi connectivity index (χ2n) is 7.64. The summed E-state index contributed by atoms with van der Waals surface area (Å²) in [6, 6.07) is 16.6. The third-order valence-electron chi connectivity index (χ3n) is 5.20. The first kappa shape index (κ1) is 25.1. The van der Waals surface area contributed by atoms with Crippen LogP contribution in [0, 0.1) is 6.92 Å². The van der Waals surface area contributed by atoms with Crippen molar-refractivity contribution in [2.45, 2.75) is 38.8 Å². The number of carbonyl (C=O) groups is 1. The molecule has 168 valence electrons. The number of benzene rings is 1. The predicted molar refractivity (Wildman–Crippen MR) is 137 cm³/mol. The van der Waals surface area contributed by atoms with E-state index in [2.05, 4.69) is 61.2 Å². The number of amides is 1. The summed E-state index contributed by atoms with van der Waals surface area (Å²) >= 11 is 0. The van der Waals surface area contributed by atoms with E-state index in [1.165, 1.54) is 5.56 Å². The summed E-state index contributed by atoms with van der Waals surface area (Å²) in [5, 5.41) is 9.55. The second kappa shape index (κ2) is 13.3. The van der Waals surface area contributed by atoms with Gasteiger partial charge in [0.05, 0.1) is 0 Å². The summed E-state index contributed by atoms with van der Waals surface area (Å²) in [5.41, 5.74) is 2.24. The number of pyridine rings is 1. The van der Waals surface area contributed by atoms with Crippen molar-refractivity contribution in [1.82, 2.24) is 20.5 Å². The van der Waals surface area contributed by atoms with Gasteiger partial charge >= 0.3 is 0 Å². The molecule has 0 saturated carbocycles. The van der Waals surface area contributed by atoms with Gasteiger partial charge in [-0.25, -0.2) is 4.98 Å². The van der Waals surface area contributed by atoms with Crippen molar-refractivity contribution in [3.8, 4) is 0 Å². The van der Waals surface area contributed by atoms with Gasteiger partial charge in [-0.05, 0) is 37.5 Å². The number of aromatic nitrogens is 1. The third kappa shape index (κ3) is 8.82. The van der Waals surface area contributed by atoms with Gasteiger partial charge in [0.25, 0.3) is 0 Å². The maximum absolute atomic E-state index is 12.1. The Morgan fingerprint density at radius 1 is 1.13 bits per heavy atom. The predicted octanol–water partition coefficient (Wildman–Crippen LogP) is 3.17. The van der Waals surface area contributed by atoms with Gasteiger partial charge in [0.2, 0.25) is 5.91 Å². The quantitative estimate of drug-likeness (QED) is 0.288. The zero-order valence-corrected chi connectivity index (χ0v) is 20.6. The number of rotatable bonds is 7. The SMILES string of the molecule is CN=C(NCCC(=O)Nc1cccc(C)n1)NC1CCN(Cc2ccccc2)CC1.I. The highest BCUT2D eigenvalue weighted by atomic mass is 127. The van der Waals surface area contributed by atoms with Gasteiger partial charge in [0.15, 0.2) is 5.96 Å². The molecule has 7 nitrogen and oxygen atoms in total. The zero-order valence-electron chi connectivity index (χ0n) is 18.3. The highest BCUT2D eigenvalue weighted by Crippen LogP contribution is 2.13. The van der Waals surface area contributed by atoms with E-state index in [1.807, 2.05) is 19.1 Å². The van der Waals surface area contributed by atoms with Crippen LogP contribution in [-0.2, 0) is 11.3 Å². The number of anilines is 1. The highest BCUT2D eigenvalue weighted by molar-refractivity contribution is 14.0. The standard InChI is InChI=1S/C23H32N6O.HI/c1-18-7-6-10-21(26-18)28-22(30)11-14-25-23(24-2)27-20-12-15-29(16-13-20)17-19-8-4-3-5-9-19;/h3-10,20H,11-17H2,1-2H3,(H2,24,25,27)(H,26,28,30);1H. The monoisotopic (exact) mass is 536 g/mol. The van der Waals surface area contributed by atoms with Gasteiger partial charge in [0, 0.05) is 51.4 Å². The lowest BCUT2D eigenvalue weighted by Gasteiger charge is -2.33. The molecular formula is C23H33IN6O. The van der Waals surface area contributed by atoms with Crippen molar-refractivity contribution in [3.63, 3.8) is 0 Å². The number of aliphatic imine (C=N–C) groups is 1. The number of piperidine rings is 1. The Morgan fingerprint density at radius 2 is 1.87 bits per heavy atom. The average molecular weight is 536 g/mol. The fraction of sp³-hybridized carbons (Fsp3) is 0.435. The van der Waals surface area contributed by atoms with Crippen LogP contribution in [0.5, 0.6) is 0 Å². The van der Waals surface area contributed by atoms with Crippen LogP contribution in [0.4, 0.5) is 5.82 Å². The number of guanidine groups is 1. The topological polar surface area (TPSA) is 81.6 Å². The molecule has 0 aliphatic carbocycles. The van der Waals surface area contributed by atoms with Crippen LogP contribution in [0.25, 0.3) is 0 Å².